The van der Waals surface area contributed by atoms with Gasteiger partial charge in [-0.1, -0.05) is 127 Å². The first-order chi connectivity index (χ1) is 26.3. The maximum absolute atomic E-state index is 6.79. The van der Waals surface area contributed by atoms with Gasteiger partial charge in [-0.15, -0.1) is 0 Å². The second kappa shape index (κ2) is 11.7. The van der Waals surface area contributed by atoms with Crippen LogP contribution in [0, 0.1) is 0 Å². The summed E-state index contributed by atoms with van der Waals surface area (Å²) in [5.74, 6) is 0. The highest BCUT2D eigenvalue weighted by molar-refractivity contribution is 6.27. The third-order valence-electron chi connectivity index (χ3n) is 10.7. The van der Waals surface area contributed by atoms with Crippen LogP contribution in [0.1, 0.15) is 0 Å². The molecule has 0 fully saturated rings. The van der Waals surface area contributed by atoms with Gasteiger partial charge in [-0.2, -0.15) is 0 Å². The van der Waals surface area contributed by atoms with Gasteiger partial charge in [0.15, 0.2) is 0 Å². The van der Waals surface area contributed by atoms with Crippen LogP contribution in [0.4, 0.5) is 17.1 Å². The van der Waals surface area contributed by atoms with Crippen molar-refractivity contribution in [1.29, 1.82) is 0 Å². The number of fused-ring (bicyclic) bond motifs is 10. The third kappa shape index (κ3) is 4.61. The molecule has 0 aliphatic rings. The average molecular weight is 677 g/mol. The molecule has 0 saturated heterocycles. The fourth-order valence-corrected chi connectivity index (χ4v) is 8.39. The zero-order chi connectivity index (χ0) is 34.9. The Hall–Kier alpha value is -7.10. The molecule has 11 aromatic rings. The van der Waals surface area contributed by atoms with Gasteiger partial charge in [0.2, 0.25) is 0 Å². The molecule has 3 heteroatoms. The highest BCUT2D eigenvalue weighted by atomic mass is 16.3. The van der Waals surface area contributed by atoms with Crippen LogP contribution in [0.2, 0.25) is 0 Å². The number of rotatable bonds is 5. The molecule has 0 atom stereocenters. The summed E-state index contributed by atoms with van der Waals surface area (Å²) < 4.78 is 9.15. The Bertz CT molecular complexity index is 3160. The SMILES string of the molecule is c1ccc(-c2ccc(N(c3ccc4c(c3)oc3ccc5c(c6ccccc6n5-c5ccccc5)c34)c3cc4ccccc4c4ccccc34)cc2)cc1. The lowest BCUT2D eigenvalue weighted by atomic mass is 9.98. The lowest BCUT2D eigenvalue weighted by Gasteiger charge is -2.27. The fourth-order valence-electron chi connectivity index (χ4n) is 8.39. The van der Waals surface area contributed by atoms with E-state index in [0.29, 0.717) is 0 Å². The molecule has 2 heterocycles. The van der Waals surface area contributed by atoms with Gasteiger partial charge in [0, 0.05) is 50.1 Å². The Labute approximate surface area is 306 Å². The summed E-state index contributed by atoms with van der Waals surface area (Å²) >= 11 is 0. The summed E-state index contributed by atoms with van der Waals surface area (Å²) in [6.45, 7) is 0. The number of hydrogen-bond acceptors (Lipinski definition) is 2. The van der Waals surface area contributed by atoms with E-state index in [1.54, 1.807) is 0 Å². The lowest BCUT2D eigenvalue weighted by molar-refractivity contribution is 0.669. The lowest BCUT2D eigenvalue weighted by Crippen LogP contribution is -2.10. The minimum Gasteiger partial charge on any atom is -0.456 e. The molecule has 11 rings (SSSR count). The standard InChI is InChI=1S/C50H32N2O/c1-3-13-33(14-4-1)34-23-25-37(26-24-34)51(46-31-35-15-7-8-18-39(35)40-19-9-10-20-41(40)46)38-27-28-43-48(32-38)53-47-30-29-45-49(50(43)47)42-21-11-12-22-44(42)52(45)36-16-5-2-6-17-36/h1-32H. The van der Waals surface area contributed by atoms with Crippen molar-refractivity contribution in [3.63, 3.8) is 0 Å². The van der Waals surface area contributed by atoms with Gasteiger partial charge < -0.3 is 13.9 Å². The number of furan rings is 1. The molecular weight excluding hydrogens is 645 g/mol. The normalized spacial score (nSPS) is 11.8. The highest BCUT2D eigenvalue weighted by Gasteiger charge is 2.22. The Morgan fingerprint density at radius 2 is 1.02 bits per heavy atom. The second-order valence-corrected chi connectivity index (χ2v) is 13.7. The largest absolute Gasteiger partial charge is 0.456 e. The molecule has 2 aromatic heterocycles. The van der Waals surface area contributed by atoms with E-state index in [4.69, 9.17) is 4.42 Å². The van der Waals surface area contributed by atoms with Crippen LogP contribution >= 0.6 is 0 Å². The van der Waals surface area contributed by atoms with Crippen molar-refractivity contribution in [2.24, 2.45) is 0 Å². The first-order valence-corrected chi connectivity index (χ1v) is 18.1. The van der Waals surface area contributed by atoms with E-state index in [2.05, 4.69) is 204 Å². The van der Waals surface area contributed by atoms with Crippen molar-refractivity contribution >= 4 is 82.4 Å². The molecule has 0 unspecified atom stereocenters. The minimum atomic E-state index is 0.859. The third-order valence-corrected chi connectivity index (χ3v) is 10.7. The highest BCUT2D eigenvalue weighted by Crippen LogP contribution is 2.46. The van der Waals surface area contributed by atoms with Crippen LogP contribution in [0.3, 0.4) is 0 Å². The first-order valence-electron chi connectivity index (χ1n) is 18.1. The van der Waals surface area contributed by atoms with E-state index in [0.717, 1.165) is 44.7 Å². The molecule has 0 aliphatic carbocycles. The summed E-state index contributed by atoms with van der Waals surface area (Å²) in [7, 11) is 0. The molecular formula is C50H32N2O. The molecule has 0 radical (unpaired) electrons. The van der Waals surface area contributed by atoms with Gasteiger partial charge in [-0.25, -0.2) is 0 Å². The predicted octanol–water partition coefficient (Wildman–Crippen LogP) is 14.1. The Kier molecular flexibility index (Phi) is 6.55. The zero-order valence-electron chi connectivity index (χ0n) is 28.8. The molecule has 0 amide bonds. The van der Waals surface area contributed by atoms with Gasteiger partial charge in [-0.3, -0.25) is 0 Å². The molecule has 0 bridgehead atoms. The van der Waals surface area contributed by atoms with E-state index in [1.807, 2.05) is 0 Å². The van der Waals surface area contributed by atoms with Crippen LogP contribution in [-0.2, 0) is 0 Å². The molecule has 0 N–H and O–H groups in total. The number of aromatic nitrogens is 1. The van der Waals surface area contributed by atoms with E-state index in [-0.39, 0.29) is 0 Å². The van der Waals surface area contributed by atoms with Crippen LogP contribution < -0.4 is 4.90 Å². The number of hydrogen-bond donors (Lipinski definition) is 0. The Morgan fingerprint density at radius 3 is 1.83 bits per heavy atom. The maximum atomic E-state index is 6.79. The summed E-state index contributed by atoms with van der Waals surface area (Å²) in [6.07, 6.45) is 0. The van der Waals surface area contributed by atoms with Crippen molar-refractivity contribution in [2.45, 2.75) is 0 Å². The Balaban J connectivity index is 1.16. The van der Waals surface area contributed by atoms with Gasteiger partial charge in [-0.05, 0) is 87.9 Å². The van der Waals surface area contributed by atoms with Crippen molar-refractivity contribution < 1.29 is 4.42 Å². The van der Waals surface area contributed by atoms with Crippen LogP contribution in [0.15, 0.2) is 199 Å². The number of anilines is 3. The van der Waals surface area contributed by atoms with E-state index in [9.17, 15) is 0 Å². The van der Waals surface area contributed by atoms with E-state index < -0.39 is 0 Å². The Morgan fingerprint density at radius 1 is 0.377 bits per heavy atom. The molecule has 9 aromatic carbocycles. The van der Waals surface area contributed by atoms with Crippen LogP contribution in [-0.4, -0.2) is 4.57 Å². The quantitative estimate of drug-likeness (QED) is 0.169. The minimum absolute atomic E-state index is 0.859. The molecule has 0 saturated carbocycles. The molecule has 0 spiro atoms. The summed E-state index contributed by atoms with van der Waals surface area (Å²) in [4.78, 5) is 2.38. The molecule has 248 valence electrons. The van der Waals surface area contributed by atoms with Crippen molar-refractivity contribution in [3.05, 3.63) is 194 Å². The average Bonchev–Trinajstić information content (AvgIpc) is 3.77. The number of nitrogens with zero attached hydrogens (tertiary/aromatic N) is 2. The monoisotopic (exact) mass is 676 g/mol. The zero-order valence-corrected chi connectivity index (χ0v) is 28.8. The fraction of sp³-hybridized carbons (Fsp3) is 0. The van der Waals surface area contributed by atoms with Crippen molar-refractivity contribution in [1.82, 2.24) is 4.57 Å². The van der Waals surface area contributed by atoms with E-state index in [1.165, 1.54) is 54.5 Å². The topological polar surface area (TPSA) is 21.3 Å². The van der Waals surface area contributed by atoms with Crippen LogP contribution in [0.5, 0.6) is 0 Å². The molecule has 53 heavy (non-hydrogen) atoms. The predicted molar refractivity (Wildman–Crippen MR) is 223 cm³/mol. The van der Waals surface area contributed by atoms with E-state index >= 15 is 0 Å². The second-order valence-electron chi connectivity index (χ2n) is 13.7. The van der Waals surface area contributed by atoms with Crippen LogP contribution in [0.25, 0.3) is 82.1 Å². The van der Waals surface area contributed by atoms with Gasteiger partial charge >= 0.3 is 0 Å². The number of para-hydroxylation sites is 2. The summed E-state index contributed by atoms with van der Waals surface area (Å²) in [5, 5.41) is 9.55. The smallest absolute Gasteiger partial charge is 0.137 e. The number of benzene rings is 9. The maximum Gasteiger partial charge on any atom is 0.137 e. The van der Waals surface area contributed by atoms with Gasteiger partial charge in [0.1, 0.15) is 11.2 Å². The van der Waals surface area contributed by atoms with Crippen molar-refractivity contribution in [2.75, 3.05) is 4.90 Å². The molecule has 0 aliphatic heterocycles. The van der Waals surface area contributed by atoms with Gasteiger partial charge in [0.25, 0.3) is 0 Å². The molecule has 3 nitrogen and oxygen atoms in total. The first kappa shape index (κ1) is 29.6. The summed E-state index contributed by atoms with van der Waals surface area (Å²) in [6, 6.07) is 69.6. The summed E-state index contributed by atoms with van der Waals surface area (Å²) in [5.41, 5.74) is 10.9. The van der Waals surface area contributed by atoms with Gasteiger partial charge in [0.05, 0.1) is 16.7 Å². The van der Waals surface area contributed by atoms with Crippen molar-refractivity contribution in [3.8, 4) is 16.8 Å².